The summed E-state index contributed by atoms with van der Waals surface area (Å²) in [5.74, 6) is 0.741. The van der Waals surface area contributed by atoms with Gasteiger partial charge in [0.1, 0.15) is 0 Å². The minimum absolute atomic E-state index is 0.444. The van der Waals surface area contributed by atoms with Crippen LogP contribution in [0.25, 0.3) is 0 Å². The predicted octanol–water partition coefficient (Wildman–Crippen LogP) is 3.50. The standard InChI is InChI=1S/C18H30N2/c1-18(2,3)10-11-19-12-14-20-13-9-17(15-20)16-7-5-4-6-8-16/h4-8,17,19H,9-15H2,1-3H3. The van der Waals surface area contributed by atoms with E-state index in [0.29, 0.717) is 5.41 Å². The molecule has 1 fully saturated rings. The van der Waals surface area contributed by atoms with Crippen LogP contribution < -0.4 is 5.32 Å². The maximum Gasteiger partial charge on any atom is 0.0107 e. The molecule has 0 aliphatic carbocycles. The summed E-state index contributed by atoms with van der Waals surface area (Å²) in [7, 11) is 0. The predicted molar refractivity (Wildman–Crippen MR) is 87.2 cm³/mol. The number of nitrogens with zero attached hydrogens (tertiary/aromatic N) is 1. The van der Waals surface area contributed by atoms with E-state index in [9.17, 15) is 0 Å². The van der Waals surface area contributed by atoms with Gasteiger partial charge in [-0.2, -0.15) is 0 Å². The summed E-state index contributed by atoms with van der Waals surface area (Å²) in [5.41, 5.74) is 1.95. The Morgan fingerprint density at radius 2 is 1.90 bits per heavy atom. The zero-order chi connectivity index (χ0) is 14.4. The van der Waals surface area contributed by atoms with Crippen molar-refractivity contribution in [2.75, 3.05) is 32.7 Å². The van der Waals surface area contributed by atoms with Crippen molar-refractivity contribution >= 4 is 0 Å². The van der Waals surface area contributed by atoms with Gasteiger partial charge in [-0.1, -0.05) is 51.1 Å². The van der Waals surface area contributed by atoms with Crippen molar-refractivity contribution in [2.24, 2.45) is 5.41 Å². The van der Waals surface area contributed by atoms with Crippen LogP contribution in [0.4, 0.5) is 0 Å². The lowest BCUT2D eigenvalue weighted by Crippen LogP contribution is -2.31. The van der Waals surface area contributed by atoms with E-state index >= 15 is 0 Å². The highest BCUT2D eigenvalue weighted by Crippen LogP contribution is 2.26. The first-order valence-corrected chi connectivity index (χ1v) is 8.03. The first-order chi connectivity index (χ1) is 9.54. The zero-order valence-electron chi connectivity index (χ0n) is 13.4. The molecule has 1 aromatic rings. The quantitative estimate of drug-likeness (QED) is 0.799. The van der Waals surface area contributed by atoms with E-state index < -0.39 is 0 Å². The molecule has 0 amide bonds. The molecule has 1 saturated heterocycles. The molecule has 0 spiro atoms. The van der Waals surface area contributed by atoms with Gasteiger partial charge in [-0.15, -0.1) is 0 Å². The van der Waals surface area contributed by atoms with Crippen LogP contribution in [0.15, 0.2) is 30.3 Å². The van der Waals surface area contributed by atoms with Gasteiger partial charge in [0.2, 0.25) is 0 Å². The maximum atomic E-state index is 3.58. The average molecular weight is 274 g/mol. The number of hydrogen-bond donors (Lipinski definition) is 1. The summed E-state index contributed by atoms with van der Waals surface area (Å²) in [5, 5.41) is 3.58. The number of likely N-dealkylation sites (tertiary alicyclic amines) is 1. The van der Waals surface area contributed by atoms with Crippen LogP contribution in [0.1, 0.15) is 45.1 Å². The molecule has 1 heterocycles. The van der Waals surface area contributed by atoms with Gasteiger partial charge in [0.25, 0.3) is 0 Å². The van der Waals surface area contributed by atoms with E-state index in [1.54, 1.807) is 0 Å². The van der Waals surface area contributed by atoms with Gasteiger partial charge < -0.3 is 10.2 Å². The summed E-state index contributed by atoms with van der Waals surface area (Å²) in [6.45, 7) is 12.8. The maximum absolute atomic E-state index is 3.58. The number of benzene rings is 1. The minimum atomic E-state index is 0.444. The Hall–Kier alpha value is -0.860. The smallest absolute Gasteiger partial charge is 0.0107 e. The SMILES string of the molecule is CC(C)(C)CCNCCN1CCC(c2ccccc2)C1. The van der Waals surface area contributed by atoms with E-state index in [2.05, 4.69) is 61.3 Å². The van der Waals surface area contributed by atoms with Gasteiger partial charge in [0.15, 0.2) is 0 Å². The second-order valence-corrected chi connectivity index (χ2v) is 7.26. The molecule has 2 nitrogen and oxygen atoms in total. The van der Waals surface area contributed by atoms with Crippen LogP contribution >= 0.6 is 0 Å². The Balaban J connectivity index is 1.62. The molecule has 1 unspecified atom stereocenters. The lowest BCUT2D eigenvalue weighted by Gasteiger charge is -2.20. The van der Waals surface area contributed by atoms with Crippen molar-refractivity contribution < 1.29 is 0 Å². The highest BCUT2D eigenvalue weighted by molar-refractivity contribution is 5.20. The molecular formula is C18H30N2. The monoisotopic (exact) mass is 274 g/mol. The second kappa shape index (κ2) is 7.24. The van der Waals surface area contributed by atoms with E-state index in [0.717, 1.165) is 19.0 Å². The normalized spacial score (nSPS) is 20.4. The molecule has 1 N–H and O–H groups in total. The van der Waals surface area contributed by atoms with Gasteiger partial charge in [-0.05, 0) is 42.8 Å². The van der Waals surface area contributed by atoms with Crippen LogP contribution in [-0.2, 0) is 0 Å². The van der Waals surface area contributed by atoms with Crippen molar-refractivity contribution in [3.8, 4) is 0 Å². The number of nitrogens with one attached hydrogen (secondary N) is 1. The van der Waals surface area contributed by atoms with Crippen molar-refractivity contribution in [3.63, 3.8) is 0 Å². The van der Waals surface area contributed by atoms with Gasteiger partial charge in [0.05, 0.1) is 0 Å². The summed E-state index contributed by atoms with van der Waals surface area (Å²) in [4.78, 5) is 2.60. The zero-order valence-corrected chi connectivity index (χ0v) is 13.4. The molecule has 2 rings (SSSR count). The van der Waals surface area contributed by atoms with Crippen molar-refractivity contribution in [3.05, 3.63) is 35.9 Å². The first-order valence-electron chi connectivity index (χ1n) is 8.03. The van der Waals surface area contributed by atoms with Gasteiger partial charge >= 0.3 is 0 Å². The highest BCUT2D eigenvalue weighted by Gasteiger charge is 2.22. The Morgan fingerprint density at radius 3 is 2.60 bits per heavy atom. The van der Waals surface area contributed by atoms with Crippen molar-refractivity contribution in [2.45, 2.75) is 39.5 Å². The van der Waals surface area contributed by atoms with Crippen LogP contribution in [0.5, 0.6) is 0 Å². The molecule has 112 valence electrons. The fourth-order valence-corrected chi connectivity index (χ4v) is 2.86. The molecule has 0 radical (unpaired) electrons. The Labute approximate surface area is 124 Å². The minimum Gasteiger partial charge on any atom is -0.315 e. The Bertz CT molecular complexity index is 380. The Kier molecular flexibility index (Phi) is 5.62. The van der Waals surface area contributed by atoms with Crippen LogP contribution in [-0.4, -0.2) is 37.6 Å². The summed E-state index contributed by atoms with van der Waals surface area (Å²) in [6.07, 6.45) is 2.56. The molecular weight excluding hydrogens is 244 g/mol. The summed E-state index contributed by atoms with van der Waals surface area (Å²) in [6, 6.07) is 11.0. The fraction of sp³-hybridized carbons (Fsp3) is 0.667. The third-order valence-electron chi connectivity index (χ3n) is 4.20. The molecule has 0 bridgehead atoms. The third-order valence-corrected chi connectivity index (χ3v) is 4.20. The van der Waals surface area contributed by atoms with E-state index in [-0.39, 0.29) is 0 Å². The third kappa shape index (κ3) is 5.26. The molecule has 20 heavy (non-hydrogen) atoms. The van der Waals surface area contributed by atoms with Gasteiger partial charge in [-0.25, -0.2) is 0 Å². The van der Waals surface area contributed by atoms with Crippen LogP contribution in [0, 0.1) is 5.41 Å². The summed E-state index contributed by atoms with van der Waals surface area (Å²) < 4.78 is 0. The highest BCUT2D eigenvalue weighted by atomic mass is 15.2. The molecule has 1 aliphatic rings. The molecule has 0 aromatic heterocycles. The fourth-order valence-electron chi connectivity index (χ4n) is 2.86. The average Bonchev–Trinajstić information content (AvgIpc) is 2.87. The van der Waals surface area contributed by atoms with Crippen molar-refractivity contribution in [1.82, 2.24) is 10.2 Å². The molecule has 0 saturated carbocycles. The molecule has 1 aliphatic heterocycles. The van der Waals surface area contributed by atoms with E-state index in [1.165, 1.54) is 38.0 Å². The lowest BCUT2D eigenvalue weighted by molar-refractivity contribution is 0.320. The second-order valence-electron chi connectivity index (χ2n) is 7.26. The van der Waals surface area contributed by atoms with Crippen LogP contribution in [0.3, 0.4) is 0 Å². The summed E-state index contributed by atoms with van der Waals surface area (Å²) >= 11 is 0. The van der Waals surface area contributed by atoms with E-state index in [4.69, 9.17) is 0 Å². The Morgan fingerprint density at radius 1 is 1.15 bits per heavy atom. The number of hydrogen-bond acceptors (Lipinski definition) is 2. The van der Waals surface area contributed by atoms with Crippen LogP contribution in [0.2, 0.25) is 0 Å². The van der Waals surface area contributed by atoms with Gasteiger partial charge in [0, 0.05) is 19.6 Å². The topological polar surface area (TPSA) is 15.3 Å². The number of rotatable bonds is 6. The molecule has 2 heteroatoms. The van der Waals surface area contributed by atoms with Crippen molar-refractivity contribution in [1.29, 1.82) is 0 Å². The first kappa shape index (κ1) is 15.5. The van der Waals surface area contributed by atoms with E-state index in [1.807, 2.05) is 0 Å². The molecule has 1 aromatic carbocycles. The largest absolute Gasteiger partial charge is 0.315 e. The molecule has 1 atom stereocenters. The lowest BCUT2D eigenvalue weighted by atomic mass is 9.92. The van der Waals surface area contributed by atoms with Gasteiger partial charge in [-0.3, -0.25) is 0 Å².